The summed E-state index contributed by atoms with van der Waals surface area (Å²) in [4.78, 5) is 12.4. The zero-order valence-corrected chi connectivity index (χ0v) is 11.3. The van der Waals surface area contributed by atoms with Crippen molar-refractivity contribution in [1.29, 1.82) is 0 Å². The van der Waals surface area contributed by atoms with Crippen LogP contribution in [0.3, 0.4) is 0 Å². The molecule has 0 aromatic carbocycles. The van der Waals surface area contributed by atoms with Gasteiger partial charge >= 0.3 is 0 Å². The van der Waals surface area contributed by atoms with Gasteiger partial charge in [0.25, 0.3) is 0 Å². The molecule has 2 aliphatic carbocycles. The Kier molecular flexibility index (Phi) is 1.88. The lowest BCUT2D eigenvalue weighted by molar-refractivity contribution is -0.131. The monoisotopic (exact) mass is 308 g/mol. The number of ketones is 1. The highest BCUT2D eigenvalue weighted by atomic mass is 79.9. The quantitative estimate of drug-likeness (QED) is 0.628. The van der Waals surface area contributed by atoms with Crippen molar-refractivity contribution in [2.45, 2.75) is 42.8 Å². The summed E-state index contributed by atoms with van der Waals surface area (Å²) in [6, 6.07) is 0. The Morgan fingerprint density at radius 2 is 1.85 bits per heavy atom. The molecule has 0 aliphatic heterocycles. The van der Waals surface area contributed by atoms with Crippen LogP contribution >= 0.6 is 31.9 Å². The highest BCUT2D eigenvalue weighted by Crippen LogP contribution is 2.68. The smallest absolute Gasteiger partial charge is 0.156 e. The fraction of sp³-hybridized carbons (Fsp3) is 0.900. The lowest BCUT2D eigenvalue weighted by atomic mass is 9.66. The summed E-state index contributed by atoms with van der Waals surface area (Å²) in [5.74, 6) is 0.371. The number of hydrogen-bond acceptors (Lipinski definition) is 1. The molecule has 0 N–H and O–H groups in total. The predicted octanol–water partition coefficient (Wildman–Crippen LogP) is 3.29. The SMILES string of the molecule is CC1(C)C(=O)[C@@]2(Br)CC[C@@]1(C)[C@H]2Br. The van der Waals surface area contributed by atoms with Crippen molar-refractivity contribution in [3.8, 4) is 0 Å². The minimum atomic E-state index is -0.286. The molecule has 3 heteroatoms. The number of carbonyl (C=O) groups excluding carboxylic acids is 1. The summed E-state index contributed by atoms with van der Waals surface area (Å²) in [5.41, 5.74) is -0.0729. The maximum Gasteiger partial charge on any atom is 0.156 e. The molecule has 1 nitrogen and oxygen atoms in total. The van der Waals surface area contributed by atoms with Crippen LogP contribution in [0.15, 0.2) is 0 Å². The Balaban J connectivity index is 2.59. The number of fused-ring (bicyclic) bond motifs is 2. The Bertz CT molecular complexity index is 280. The zero-order chi connectivity index (χ0) is 10.1. The second-order valence-corrected chi connectivity index (χ2v) is 7.43. The topological polar surface area (TPSA) is 17.1 Å². The second-order valence-electron chi connectivity index (χ2n) is 5.10. The molecule has 2 fully saturated rings. The second kappa shape index (κ2) is 2.41. The van der Waals surface area contributed by atoms with Crippen molar-refractivity contribution in [1.82, 2.24) is 0 Å². The van der Waals surface area contributed by atoms with E-state index in [0.29, 0.717) is 5.78 Å². The van der Waals surface area contributed by atoms with Gasteiger partial charge in [-0.15, -0.1) is 0 Å². The third kappa shape index (κ3) is 0.865. The van der Waals surface area contributed by atoms with Crippen LogP contribution in [-0.2, 0) is 4.79 Å². The molecule has 0 aromatic heterocycles. The molecule has 2 bridgehead atoms. The molecule has 74 valence electrons. The number of carbonyl (C=O) groups is 1. The molecule has 0 amide bonds. The first-order chi connectivity index (χ1) is 5.77. The van der Waals surface area contributed by atoms with Crippen molar-refractivity contribution >= 4 is 37.6 Å². The van der Waals surface area contributed by atoms with Crippen LogP contribution in [0.25, 0.3) is 0 Å². The molecule has 0 unspecified atom stereocenters. The van der Waals surface area contributed by atoms with E-state index < -0.39 is 0 Å². The van der Waals surface area contributed by atoms with Crippen LogP contribution in [0.4, 0.5) is 0 Å². The molecule has 3 atom stereocenters. The molecule has 13 heavy (non-hydrogen) atoms. The van der Waals surface area contributed by atoms with Gasteiger partial charge in [0.15, 0.2) is 5.78 Å². The third-order valence-corrected chi connectivity index (χ3v) is 7.96. The zero-order valence-electron chi connectivity index (χ0n) is 8.16. The van der Waals surface area contributed by atoms with Gasteiger partial charge in [0.05, 0.1) is 4.32 Å². The van der Waals surface area contributed by atoms with Crippen molar-refractivity contribution in [3.05, 3.63) is 0 Å². The van der Waals surface area contributed by atoms with Crippen molar-refractivity contribution in [2.24, 2.45) is 10.8 Å². The first-order valence-corrected chi connectivity index (χ1v) is 6.35. The Hall–Kier alpha value is 0.630. The van der Waals surface area contributed by atoms with Crippen molar-refractivity contribution in [3.63, 3.8) is 0 Å². The maximum absolute atomic E-state index is 12.1. The molecular weight excluding hydrogens is 296 g/mol. The van der Waals surface area contributed by atoms with E-state index in [1.54, 1.807) is 0 Å². The van der Waals surface area contributed by atoms with Crippen LogP contribution in [0.2, 0.25) is 0 Å². The molecule has 0 heterocycles. The molecular formula is C10H14Br2O. The van der Waals surface area contributed by atoms with E-state index in [1.165, 1.54) is 0 Å². The minimum Gasteiger partial charge on any atom is -0.297 e. The molecule has 2 saturated carbocycles. The summed E-state index contributed by atoms with van der Waals surface area (Å²) in [6.45, 7) is 6.37. The van der Waals surface area contributed by atoms with Crippen LogP contribution in [0.1, 0.15) is 33.6 Å². The van der Waals surface area contributed by atoms with Crippen LogP contribution in [0, 0.1) is 10.8 Å². The molecule has 2 aliphatic rings. The molecule has 0 aromatic rings. The normalized spacial score (nSPS) is 53.0. The van der Waals surface area contributed by atoms with E-state index in [1.807, 2.05) is 0 Å². The first kappa shape index (κ1) is 10.2. The van der Waals surface area contributed by atoms with Crippen molar-refractivity contribution in [2.75, 3.05) is 0 Å². The summed E-state index contributed by atoms with van der Waals surface area (Å²) < 4.78 is -0.286. The van der Waals surface area contributed by atoms with E-state index in [-0.39, 0.29) is 20.0 Å². The van der Waals surface area contributed by atoms with Gasteiger partial charge in [-0.25, -0.2) is 0 Å². The van der Waals surface area contributed by atoms with Gasteiger partial charge in [0.1, 0.15) is 0 Å². The number of hydrogen-bond donors (Lipinski definition) is 0. The van der Waals surface area contributed by atoms with Crippen molar-refractivity contribution < 1.29 is 4.79 Å². The summed E-state index contributed by atoms with van der Waals surface area (Å²) in [5, 5.41) is 0. The standard InChI is InChI=1S/C10H14Br2O/c1-8(2)7(13)10(12)5-4-9(8,3)6(10)11/h6H,4-5H2,1-3H3/t6-,9+,10-/m1/s1. The Labute approximate surface area is 95.9 Å². The largest absolute Gasteiger partial charge is 0.297 e. The van der Waals surface area contributed by atoms with E-state index in [0.717, 1.165) is 12.8 Å². The van der Waals surface area contributed by atoms with Gasteiger partial charge in [-0.05, 0) is 18.3 Å². The fourth-order valence-electron chi connectivity index (χ4n) is 2.84. The maximum atomic E-state index is 12.1. The molecule has 2 rings (SSSR count). The van der Waals surface area contributed by atoms with Gasteiger partial charge in [0, 0.05) is 10.2 Å². The minimum absolute atomic E-state index is 0.119. The average molecular weight is 310 g/mol. The Morgan fingerprint density at radius 3 is 2.08 bits per heavy atom. The van der Waals surface area contributed by atoms with Gasteiger partial charge < -0.3 is 0 Å². The van der Waals surface area contributed by atoms with Gasteiger partial charge in [-0.2, -0.15) is 0 Å². The molecule has 0 radical (unpaired) electrons. The summed E-state index contributed by atoms with van der Waals surface area (Å²) in [7, 11) is 0. The first-order valence-electron chi connectivity index (χ1n) is 4.65. The molecule has 0 saturated heterocycles. The number of Topliss-reactive ketones (excluding diaryl/α,β-unsaturated/α-hetero) is 1. The van der Waals surface area contributed by atoms with Crippen LogP contribution in [-0.4, -0.2) is 14.9 Å². The highest BCUT2D eigenvalue weighted by molar-refractivity contribution is 9.13. The summed E-state index contributed by atoms with van der Waals surface area (Å²) in [6.07, 6.45) is 2.11. The number of alkyl halides is 2. The summed E-state index contributed by atoms with van der Waals surface area (Å²) >= 11 is 7.32. The third-order valence-electron chi connectivity index (χ3n) is 4.34. The van der Waals surface area contributed by atoms with Gasteiger partial charge in [-0.1, -0.05) is 52.6 Å². The lowest BCUT2D eigenvalue weighted by Gasteiger charge is -2.38. The molecule has 0 spiro atoms. The lowest BCUT2D eigenvalue weighted by Crippen LogP contribution is -2.41. The van der Waals surface area contributed by atoms with Crippen LogP contribution < -0.4 is 0 Å². The highest BCUT2D eigenvalue weighted by Gasteiger charge is 2.72. The predicted molar refractivity (Wildman–Crippen MR) is 60.5 cm³/mol. The van der Waals surface area contributed by atoms with E-state index >= 15 is 0 Å². The fourth-order valence-corrected chi connectivity index (χ4v) is 5.27. The average Bonchev–Trinajstić information content (AvgIpc) is 2.34. The van der Waals surface area contributed by atoms with Gasteiger partial charge in [-0.3, -0.25) is 4.79 Å². The van der Waals surface area contributed by atoms with E-state index in [4.69, 9.17) is 0 Å². The number of rotatable bonds is 0. The number of halogens is 2. The van der Waals surface area contributed by atoms with Crippen LogP contribution in [0.5, 0.6) is 0 Å². The Morgan fingerprint density at radius 1 is 1.31 bits per heavy atom. The van der Waals surface area contributed by atoms with Gasteiger partial charge in [0.2, 0.25) is 0 Å². The van der Waals surface area contributed by atoms with E-state index in [9.17, 15) is 4.79 Å². The van der Waals surface area contributed by atoms with E-state index in [2.05, 4.69) is 52.6 Å².